The minimum Gasteiger partial charge on any atom is -0.494 e. The maximum Gasteiger partial charge on any atom is 0.232 e. The second-order valence-corrected chi connectivity index (χ2v) is 11.0. The number of fused-ring (bicyclic) bond motifs is 1. The fraction of sp³-hybridized carbons (Fsp3) is 0.308. The first kappa shape index (κ1) is 24.8. The molecule has 37 heavy (non-hydrogen) atoms. The van der Waals surface area contributed by atoms with Crippen LogP contribution in [0.3, 0.4) is 0 Å². The van der Waals surface area contributed by atoms with Crippen LogP contribution in [-0.2, 0) is 16.6 Å². The topological polar surface area (TPSA) is 105 Å². The van der Waals surface area contributed by atoms with Crippen molar-refractivity contribution in [3.8, 4) is 5.75 Å². The molecule has 2 aromatic carbocycles. The Morgan fingerprint density at radius 1 is 1.14 bits per heavy atom. The lowest BCUT2D eigenvalue weighted by molar-refractivity contribution is 0.416. The van der Waals surface area contributed by atoms with Crippen molar-refractivity contribution in [3.05, 3.63) is 66.5 Å². The quantitative estimate of drug-likeness (QED) is 0.365. The van der Waals surface area contributed by atoms with Gasteiger partial charge < -0.3 is 24.8 Å². The fourth-order valence-corrected chi connectivity index (χ4v) is 5.03. The van der Waals surface area contributed by atoms with Gasteiger partial charge in [-0.2, -0.15) is 4.98 Å². The van der Waals surface area contributed by atoms with Gasteiger partial charge in [0.15, 0.2) is 0 Å². The molecule has 0 radical (unpaired) electrons. The van der Waals surface area contributed by atoms with Crippen molar-refractivity contribution >= 4 is 44.1 Å². The molecule has 4 aromatic rings. The third kappa shape index (κ3) is 5.32. The van der Waals surface area contributed by atoms with Crippen molar-refractivity contribution in [2.75, 3.05) is 61.1 Å². The SMILES string of the molecule is COc1cc(N2CCNCC2)ccc1Nc1ncc2ccn(Cc3ccccc3N(C)S(C)(=O)=O)c2n1. The summed E-state index contributed by atoms with van der Waals surface area (Å²) in [4.78, 5) is 11.6. The van der Waals surface area contributed by atoms with Gasteiger partial charge in [0, 0.05) is 62.8 Å². The van der Waals surface area contributed by atoms with Crippen molar-refractivity contribution in [1.82, 2.24) is 19.9 Å². The number of anilines is 4. The molecule has 0 unspecified atom stereocenters. The van der Waals surface area contributed by atoms with E-state index in [9.17, 15) is 8.42 Å². The number of ether oxygens (including phenoxy) is 1. The van der Waals surface area contributed by atoms with Crippen molar-refractivity contribution in [2.45, 2.75) is 6.54 Å². The molecule has 5 rings (SSSR count). The second kappa shape index (κ2) is 10.3. The summed E-state index contributed by atoms with van der Waals surface area (Å²) in [5.74, 6) is 1.16. The van der Waals surface area contributed by atoms with E-state index in [1.807, 2.05) is 47.2 Å². The minimum atomic E-state index is -3.39. The van der Waals surface area contributed by atoms with E-state index in [2.05, 4.69) is 26.6 Å². The van der Waals surface area contributed by atoms with E-state index >= 15 is 0 Å². The van der Waals surface area contributed by atoms with Gasteiger partial charge in [-0.15, -0.1) is 0 Å². The zero-order valence-corrected chi connectivity index (χ0v) is 22.0. The van der Waals surface area contributed by atoms with Gasteiger partial charge in [-0.05, 0) is 29.8 Å². The molecule has 1 saturated heterocycles. The van der Waals surface area contributed by atoms with Gasteiger partial charge in [0.2, 0.25) is 16.0 Å². The summed E-state index contributed by atoms with van der Waals surface area (Å²) in [5, 5.41) is 7.56. The summed E-state index contributed by atoms with van der Waals surface area (Å²) >= 11 is 0. The van der Waals surface area contributed by atoms with Crippen LogP contribution in [0.1, 0.15) is 5.56 Å². The fourth-order valence-electron chi connectivity index (χ4n) is 4.50. The molecule has 0 atom stereocenters. The van der Waals surface area contributed by atoms with Crippen LogP contribution >= 0.6 is 0 Å². The molecule has 3 heterocycles. The Hall–Kier alpha value is -3.83. The second-order valence-electron chi connectivity index (χ2n) is 9.02. The van der Waals surface area contributed by atoms with Crippen LogP contribution in [0.2, 0.25) is 0 Å². The molecule has 0 spiro atoms. The van der Waals surface area contributed by atoms with E-state index < -0.39 is 10.0 Å². The molecule has 2 N–H and O–H groups in total. The van der Waals surface area contributed by atoms with Gasteiger partial charge in [0.25, 0.3) is 0 Å². The van der Waals surface area contributed by atoms with Gasteiger partial charge in [-0.1, -0.05) is 18.2 Å². The number of nitrogens with zero attached hydrogens (tertiary/aromatic N) is 5. The van der Waals surface area contributed by atoms with Gasteiger partial charge in [-0.25, -0.2) is 13.4 Å². The monoisotopic (exact) mass is 521 g/mol. The molecular formula is C26H31N7O3S. The maximum absolute atomic E-state index is 12.2. The average molecular weight is 522 g/mol. The van der Waals surface area contributed by atoms with Crippen molar-refractivity contribution in [3.63, 3.8) is 0 Å². The maximum atomic E-state index is 12.2. The molecule has 0 saturated carbocycles. The van der Waals surface area contributed by atoms with Gasteiger partial charge >= 0.3 is 0 Å². The molecule has 10 nitrogen and oxygen atoms in total. The predicted octanol–water partition coefficient (Wildman–Crippen LogP) is 3.04. The molecule has 0 aliphatic carbocycles. The summed E-state index contributed by atoms with van der Waals surface area (Å²) in [6.45, 7) is 4.29. The Balaban J connectivity index is 1.42. The molecular weight excluding hydrogens is 490 g/mol. The van der Waals surface area contributed by atoms with Crippen LogP contribution in [0, 0.1) is 0 Å². The third-order valence-electron chi connectivity index (χ3n) is 6.58. The van der Waals surface area contributed by atoms with Crippen LogP contribution in [0.4, 0.5) is 23.0 Å². The molecule has 11 heteroatoms. The van der Waals surface area contributed by atoms with Crippen molar-refractivity contribution in [2.24, 2.45) is 0 Å². The normalized spacial score (nSPS) is 14.1. The van der Waals surface area contributed by atoms with Gasteiger partial charge in [0.05, 0.1) is 31.3 Å². The summed E-state index contributed by atoms with van der Waals surface area (Å²) in [5.41, 5.74) is 4.14. The van der Waals surface area contributed by atoms with Crippen molar-refractivity contribution in [1.29, 1.82) is 0 Å². The predicted molar refractivity (Wildman–Crippen MR) is 148 cm³/mol. The summed E-state index contributed by atoms with van der Waals surface area (Å²) in [6.07, 6.45) is 4.91. The van der Waals surface area contributed by atoms with Crippen molar-refractivity contribution < 1.29 is 13.2 Å². The summed E-state index contributed by atoms with van der Waals surface area (Å²) < 4.78 is 33.3. The zero-order valence-electron chi connectivity index (χ0n) is 21.2. The first-order valence-corrected chi connectivity index (χ1v) is 13.9. The number of aromatic nitrogens is 3. The van der Waals surface area contributed by atoms with Crippen LogP contribution in [0.5, 0.6) is 5.75 Å². The molecule has 2 aromatic heterocycles. The number of piperazine rings is 1. The highest BCUT2D eigenvalue weighted by Crippen LogP contribution is 2.32. The van der Waals surface area contributed by atoms with Gasteiger partial charge in [0.1, 0.15) is 11.4 Å². The summed E-state index contributed by atoms with van der Waals surface area (Å²) in [7, 11) is -0.170. The summed E-state index contributed by atoms with van der Waals surface area (Å²) in [6, 6.07) is 15.5. The first-order chi connectivity index (χ1) is 17.8. The molecule has 194 valence electrons. The van der Waals surface area contributed by atoms with E-state index in [-0.39, 0.29) is 0 Å². The Labute approximate surface area is 216 Å². The number of nitrogens with one attached hydrogen (secondary N) is 2. The number of methoxy groups -OCH3 is 1. The Morgan fingerprint density at radius 2 is 1.92 bits per heavy atom. The van der Waals surface area contributed by atoms with E-state index in [1.165, 1.54) is 10.6 Å². The highest BCUT2D eigenvalue weighted by molar-refractivity contribution is 7.92. The Morgan fingerprint density at radius 3 is 2.68 bits per heavy atom. The average Bonchev–Trinajstić information content (AvgIpc) is 3.30. The zero-order chi connectivity index (χ0) is 26.0. The van der Waals surface area contributed by atoms with E-state index in [4.69, 9.17) is 9.72 Å². The third-order valence-corrected chi connectivity index (χ3v) is 7.78. The number of hydrogen-bond donors (Lipinski definition) is 2. The lowest BCUT2D eigenvalue weighted by atomic mass is 10.2. The number of hydrogen-bond acceptors (Lipinski definition) is 8. The Bertz CT molecular complexity index is 1510. The standard InChI is InChI=1S/C26H31N7O3S/c1-31(37(3,34)35)23-7-5-4-6-20(23)18-33-13-10-19-17-28-26(30-25(19)33)29-22-9-8-21(16-24(22)36-2)32-14-11-27-12-15-32/h4-10,13,16-17,27H,11-12,14-15,18H2,1-3H3,(H,28,29,30). The van der Waals surface area contributed by atoms with Gasteiger partial charge in [-0.3, -0.25) is 4.31 Å². The van der Waals surface area contributed by atoms with Crippen LogP contribution in [0.15, 0.2) is 60.9 Å². The van der Waals surface area contributed by atoms with Crippen LogP contribution in [0.25, 0.3) is 11.0 Å². The smallest absolute Gasteiger partial charge is 0.232 e. The number of para-hydroxylation sites is 1. The minimum absolute atomic E-state index is 0.446. The lowest BCUT2D eigenvalue weighted by Crippen LogP contribution is -2.43. The number of sulfonamides is 1. The molecule has 1 fully saturated rings. The molecule has 1 aliphatic rings. The largest absolute Gasteiger partial charge is 0.494 e. The Kier molecular flexibility index (Phi) is 6.90. The van der Waals surface area contributed by atoms with Crippen LogP contribution < -0.4 is 24.6 Å². The van der Waals surface area contributed by atoms with E-state index in [1.54, 1.807) is 26.4 Å². The first-order valence-electron chi connectivity index (χ1n) is 12.1. The molecule has 1 aliphatic heterocycles. The molecule has 0 bridgehead atoms. The lowest BCUT2D eigenvalue weighted by Gasteiger charge is -2.30. The molecule has 0 amide bonds. The number of rotatable bonds is 8. The van der Waals surface area contributed by atoms with E-state index in [0.29, 0.717) is 23.9 Å². The van der Waals surface area contributed by atoms with E-state index in [0.717, 1.165) is 54.2 Å². The van der Waals surface area contributed by atoms with Crippen LogP contribution in [-0.4, -0.2) is 69.5 Å². The highest BCUT2D eigenvalue weighted by atomic mass is 32.2. The highest BCUT2D eigenvalue weighted by Gasteiger charge is 2.17. The number of benzene rings is 2.